The molecule has 0 saturated heterocycles. The number of hydrogen-bond donors (Lipinski definition) is 0. The first-order valence-corrected chi connectivity index (χ1v) is 5.90. The molecule has 0 radical (unpaired) electrons. The highest BCUT2D eigenvalue weighted by Crippen LogP contribution is 2.30. The fourth-order valence-corrected chi connectivity index (χ4v) is 2.05. The Labute approximate surface area is 105 Å². The first-order chi connectivity index (χ1) is 7.47. The van der Waals surface area contributed by atoms with E-state index in [0.29, 0.717) is 17.0 Å². The molecule has 1 aromatic carbocycles. The summed E-state index contributed by atoms with van der Waals surface area (Å²) < 4.78 is 13.3. The molecule has 0 N–H and O–H groups in total. The lowest BCUT2D eigenvalue weighted by molar-refractivity contribution is -0.120. The largest absolute Gasteiger partial charge is 0.299 e. The number of hydrogen-bond acceptors (Lipinski definition) is 1. The molecule has 0 amide bonds. The molecule has 4 heteroatoms. The molecule has 1 atom stereocenters. The van der Waals surface area contributed by atoms with Crippen LogP contribution >= 0.6 is 23.2 Å². The molecule has 0 aromatic heterocycles. The number of carbonyl (C=O) groups excluding carboxylic acids is 1. The summed E-state index contributed by atoms with van der Waals surface area (Å²) in [7, 11) is 0. The van der Waals surface area contributed by atoms with Crippen molar-refractivity contribution in [3.8, 4) is 0 Å². The van der Waals surface area contributed by atoms with Crippen LogP contribution in [0.4, 0.5) is 4.39 Å². The predicted molar refractivity (Wildman–Crippen MR) is 64.8 cm³/mol. The molecule has 0 fully saturated rings. The van der Waals surface area contributed by atoms with Crippen molar-refractivity contribution >= 4 is 29.0 Å². The smallest absolute Gasteiger partial charge is 0.142 e. The van der Waals surface area contributed by atoms with Crippen molar-refractivity contribution < 1.29 is 9.18 Å². The van der Waals surface area contributed by atoms with Crippen molar-refractivity contribution in [2.24, 2.45) is 0 Å². The lowest BCUT2D eigenvalue weighted by atomic mass is 9.94. The van der Waals surface area contributed by atoms with Gasteiger partial charge in [0.2, 0.25) is 0 Å². The van der Waals surface area contributed by atoms with Gasteiger partial charge in [0, 0.05) is 17.4 Å². The van der Waals surface area contributed by atoms with Crippen LogP contribution in [0.25, 0.3) is 0 Å². The fourth-order valence-electron chi connectivity index (χ4n) is 1.51. The standard InChI is InChI=1S/C12H13Cl2FO/c1-3-4-12(16)7(2)8-5-11(15)10(14)6-9(8)13/h5-7H,3-4H2,1-2H3. The lowest BCUT2D eigenvalue weighted by Crippen LogP contribution is -2.09. The number of Topliss-reactive ketones (excluding diaryl/α,β-unsaturated/α-hetero) is 1. The molecule has 0 saturated carbocycles. The summed E-state index contributed by atoms with van der Waals surface area (Å²) >= 11 is 11.5. The van der Waals surface area contributed by atoms with Gasteiger partial charge in [-0.25, -0.2) is 4.39 Å². The Morgan fingerprint density at radius 2 is 2.00 bits per heavy atom. The predicted octanol–water partition coefficient (Wildman–Crippen LogP) is 4.61. The number of rotatable bonds is 4. The topological polar surface area (TPSA) is 17.1 Å². The van der Waals surface area contributed by atoms with E-state index in [1.807, 2.05) is 6.92 Å². The summed E-state index contributed by atoms with van der Waals surface area (Å²) in [6.45, 7) is 3.65. The van der Waals surface area contributed by atoms with Gasteiger partial charge in [0.1, 0.15) is 11.6 Å². The van der Waals surface area contributed by atoms with E-state index in [4.69, 9.17) is 23.2 Å². The summed E-state index contributed by atoms with van der Waals surface area (Å²) in [6.07, 6.45) is 1.25. The Hall–Kier alpha value is -0.600. The van der Waals surface area contributed by atoms with E-state index in [9.17, 15) is 9.18 Å². The highest BCUT2D eigenvalue weighted by atomic mass is 35.5. The Bertz CT molecular complexity index is 404. The maximum absolute atomic E-state index is 13.3. The van der Waals surface area contributed by atoms with Gasteiger partial charge in [0.05, 0.1) is 5.02 Å². The van der Waals surface area contributed by atoms with Crippen molar-refractivity contribution in [1.29, 1.82) is 0 Å². The third kappa shape index (κ3) is 2.96. The molecule has 88 valence electrons. The van der Waals surface area contributed by atoms with Gasteiger partial charge in [-0.1, -0.05) is 37.0 Å². The fraction of sp³-hybridized carbons (Fsp3) is 0.417. The second-order valence-electron chi connectivity index (χ2n) is 3.73. The summed E-state index contributed by atoms with van der Waals surface area (Å²) in [6, 6.07) is 2.58. The third-order valence-electron chi connectivity index (χ3n) is 2.49. The first kappa shape index (κ1) is 13.5. The van der Waals surface area contributed by atoms with Gasteiger partial charge < -0.3 is 0 Å². The molecule has 0 spiro atoms. The van der Waals surface area contributed by atoms with Crippen LogP contribution in [0.15, 0.2) is 12.1 Å². The van der Waals surface area contributed by atoms with Crippen LogP contribution in [0.2, 0.25) is 10.0 Å². The molecule has 1 nitrogen and oxygen atoms in total. The second-order valence-corrected chi connectivity index (χ2v) is 4.54. The summed E-state index contributed by atoms with van der Waals surface area (Å²) in [5.74, 6) is -0.873. The van der Waals surface area contributed by atoms with E-state index in [2.05, 4.69) is 0 Å². The van der Waals surface area contributed by atoms with E-state index < -0.39 is 5.82 Å². The minimum atomic E-state index is -0.544. The second kappa shape index (κ2) is 5.65. The molecule has 1 unspecified atom stereocenters. The number of ketones is 1. The molecule has 0 aliphatic rings. The SMILES string of the molecule is CCCC(=O)C(C)c1cc(F)c(Cl)cc1Cl. The van der Waals surface area contributed by atoms with Crippen molar-refractivity contribution in [3.63, 3.8) is 0 Å². The summed E-state index contributed by atoms with van der Waals surface area (Å²) in [5, 5.41) is 0.312. The van der Waals surface area contributed by atoms with E-state index in [1.54, 1.807) is 6.92 Å². The van der Waals surface area contributed by atoms with Gasteiger partial charge in [-0.05, 0) is 24.1 Å². The van der Waals surface area contributed by atoms with Gasteiger partial charge in [-0.2, -0.15) is 0 Å². The number of benzene rings is 1. The van der Waals surface area contributed by atoms with Crippen molar-refractivity contribution in [3.05, 3.63) is 33.6 Å². The monoisotopic (exact) mass is 262 g/mol. The molecule has 0 heterocycles. The Kier molecular flexibility index (Phi) is 4.75. The van der Waals surface area contributed by atoms with Crippen LogP contribution in [0.3, 0.4) is 0 Å². The average Bonchev–Trinajstić information content (AvgIpc) is 2.23. The summed E-state index contributed by atoms with van der Waals surface area (Å²) in [5.41, 5.74) is 0.502. The highest BCUT2D eigenvalue weighted by molar-refractivity contribution is 6.35. The molecule has 0 bridgehead atoms. The molecule has 1 aromatic rings. The van der Waals surface area contributed by atoms with E-state index in [-0.39, 0.29) is 16.7 Å². The van der Waals surface area contributed by atoms with Crippen LogP contribution in [-0.2, 0) is 4.79 Å². The van der Waals surface area contributed by atoms with Gasteiger partial charge in [-0.15, -0.1) is 0 Å². The van der Waals surface area contributed by atoms with E-state index >= 15 is 0 Å². The third-order valence-corrected chi connectivity index (χ3v) is 3.10. The molecule has 0 aliphatic heterocycles. The molecular weight excluding hydrogens is 250 g/mol. The van der Waals surface area contributed by atoms with Crippen LogP contribution in [-0.4, -0.2) is 5.78 Å². The van der Waals surface area contributed by atoms with Crippen molar-refractivity contribution in [1.82, 2.24) is 0 Å². The van der Waals surface area contributed by atoms with Gasteiger partial charge >= 0.3 is 0 Å². The van der Waals surface area contributed by atoms with Gasteiger partial charge in [-0.3, -0.25) is 4.79 Å². The van der Waals surface area contributed by atoms with Crippen molar-refractivity contribution in [2.75, 3.05) is 0 Å². The molecule has 1 rings (SSSR count). The normalized spacial score (nSPS) is 12.6. The van der Waals surface area contributed by atoms with Crippen LogP contribution in [0.1, 0.15) is 38.2 Å². The Morgan fingerprint density at radius 1 is 1.38 bits per heavy atom. The quantitative estimate of drug-likeness (QED) is 0.725. The molecular formula is C12H13Cl2FO. The average molecular weight is 263 g/mol. The van der Waals surface area contributed by atoms with E-state index in [0.717, 1.165) is 6.42 Å². The van der Waals surface area contributed by atoms with Crippen LogP contribution < -0.4 is 0 Å². The zero-order valence-electron chi connectivity index (χ0n) is 9.19. The molecule has 0 aliphatic carbocycles. The zero-order chi connectivity index (χ0) is 12.3. The lowest BCUT2D eigenvalue weighted by Gasteiger charge is -2.12. The number of halogens is 3. The highest BCUT2D eigenvalue weighted by Gasteiger charge is 2.18. The zero-order valence-corrected chi connectivity index (χ0v) is 10.7. The van der Waals surface area contributed by atoms with Crippen LogP contribution in [0, 0.1) is 5.82 Å². The maximum Gasteiger partial charge on any atom is 0.142 e. The van der Waals surface area contributed by atoms with Crippen LogP contribution in [0.5, 0.6) is 0 Å². The van der Waals surface area contributed by atoms with Gasteiger partial charge in [0.25, 0.3) is 0 Å². The Morgan fingerprint density at radius 3 is 2.56 bits per heavy atom. The summed E-state index contributed by atoms with van der Waals surface area (Å²) in [4.78, 5) is 11.7. The van der Waals surface area contributed by atoms with Crippen molar-refractivity contribution in [2.45, 2.75) is 32.6 Å². The minimum absolute atomic E-state index is 0.0242. The Balaban J connectivity index is 3.04. The molecule has 16 heavy (non-hydrogen) atoms. The first-order valence-electron chi connectivity index (χ1n) is 5.14. The van der Waals surface area contributed by atoms with Gasteiger partial charge in [0.15, 0.2) is 0 Å². The number of carbonyl (C=O) groups is 1. The maximum atomic E-state index is 13.3. The minimum Gasteiger partial charge on any atom is -0.299 e. The van der Waals surface area contributed by atoms with E-state index in [1.165, 1.54) is 12.1 Å².